The van der Waals surface area contributed by atoms with E-state index in [1.54, 1.807) is 12.3 Å². The van der Waals surface area contributed by atoms with Crippen molar-refractivity contribution in [2.45, 2.75) is 18.9 Å². The molecule has 1 unspecified atom stereocenters. The lowest BCUT2D eigenvalue weighted by Gasteiger charge is -2.16. The molecule has 2 N–H and O–H groups in total. The van der Waals surface area contributed by atoms with Crippen LogP contribution in [0.5, 0.6) is 0 Å². The molecule has 0 aliphatic heterocycles. The van der Waals surface area contributed by atoms with E-state index in [9.17, 15) is 13.6 Å². The highest BCUT2D eigenvalue weighted by molar-refractivity contribution is 6.31. The van der Waals surface area contributed by atoms with E-state index >= 15 is 0 Å². The Labute approximate surface area is 177 Å². The first-order valence-corrected chi connectivity index (χ1v) is 9.16. The highest BCUT2D eigenvalue weighted by Gasteiger charge is 2.30. The number of hydrogen-bond donors (Lipinski definition) is 2. The van der Waals surface area contributed by atoms with Gasteiger partial charge in [0.05, 0.1) is 11.1 Å². The van der Waals surface area contributed by atoms with Crippen LogP contribution in [0.3, 0.4) is 0 Å². The first kappa shape index (κ1) is 21.0. The van der Waals surface area contributed by atoms with Gasteiger partial charge in [0.15, 0.2) is 0 Å². The number of carbonyl (C=O) groups is 1. The summed E-state index contributed by atoms with van der Waals surface area (Å²) in [5, 5.41) is 5.84. The van der Waals surface area contributed by atoms with Crippen LogP contribution in [-0.4, -0.2) is 10.9 Å². The molecule has 0 bridgehead atoms. The van der Waals surface area contributed by atoms with Crippen molar-refractivity contribution in [1.29, 1.82) is 0 Å². The number of pyridine rings is 1. The van der Waals surface area contributed by atoms with Gasteiger partial charge in [0.2, 0.25) is 0 Å². The normalized spacial score (nSPS) is 14.7. The van der Waals surface area contributed by atoms with Gasteiger partial charge in [-0.3, -0.25) is 4.79 Å². The topological polar surface area (TPSA) is 54.0 Å². The van der Waals surface area contributed by atoms with Gasteiger partial charge in [-0.2, -0.15) is 0 Å². The lowest BCUT2D eigenvalue weighted by molar-refractivity contribution is 0.102. The lowest BCUT2D eigenvalue weighted by Crippen LogP contribution is -2.16. The Balaban J connectivity index is 0.00000240. The summed E-state index contributed by atoms with van der Waals surface area (Å²) >= 11 is 5.76. The van der Waals surface area contributed by atoms with Gasteiger partial charge in [-0.15, -0.1) is 12.4 Å². The molecule has 1 amide bonds. The monoisotopic (exact) mass is 435 g/mol. The Morgan fingerprint density at radius 2 is 1.90 bits per heavy atom. The molecule has 3 aromatic rings. The number of anilines is 2. The predicted octanol–water partition coefficient (Wildman–Crippen LogP) is 5.79. The van der Waals surface area contributed by atoms with Crippen LogP contribution in [0.25, 0.3) is 0 Å². The maximum atomic E-state index is 14.6. The summed E-state index contributed by atoms with van der Waals surface area (Å²) in [6, 6.07) is 11.9. The number of hydrogen-bond acceptors (Lipinski definition) is 3. The Kier molecular flexibility index (Phi) is 6.35. The van der Waals surface area contributed by atoms with E-state index in [1.165, 1.54) is 30.3 Å². The standard InChI is InChI=1S/C21H16ClF2N3O.ClH/c22-15-11-12(4-7-16(15)23)26-21(28)14-5-8-17(24)20-13(14)6-9-18(20)27-19-3-1-2-10-25-19;/h1-5,7-8,10-11,18H,6,9H2,(H,25,27)(H,26,28);1H. The van der Waals surface area contributed by atoms with Crippen LogP contribution < -0.4 is 10.6 Å². The van der Waals surface area contributed by atoms with E-state index in [-0.39, 0.29) is 29.3 Å². The molecule has 2 aromatic carbocycles. The SMILES string of the molecule is Cl.O=C(Nc1ccc(F)c(Cl)c1)c1ccc(F)c2c1CCC2Nc1ccccn1. The number of benzene rings is 2. The van der Waals surface area contributed by atoms with Gasteiger partial charge in [0.25, 0.3) is 5.91 Å². The molecule has 1 aliphatic carbocycles. The third-order valence-corrected chi connectivity index (χ3v) is 5.03. The molecule has 0 spiro atoms. The molecule has 150 valence electrons. The molecule has 29 heavy (non-hydrogen) atoms. The number of aromatic nitrogens is 1. The van der Waals surface area contributed by atoms with Gasteiger partial charge in [-0.05, 0) is 60.9 Å². The first-order valence-electron chi connectivity index (χ1n) is 8.78. The fourth-order valence-electron chi connectivity index (χ4n) is 3.47. The van der Waals surface area contributed by atoms with Crippen LogP contribution in [-0.2, 0) is 6.42 Å². The number of carbonyl (C=O) groups excluding carboxylic acids is 1. The van der Waals surface area contributed by atoms with E-state index in [0.717, 1.165) is 0 Å². The van der Waals surface area contributed by atoms with Crippen molar-refractivity contribution >= 4 is 41.4 Å². The van der Waals surface area contributed by atoms with Crippen molar-refractivity contribution in [3.8, 4) is 0 Å². The van der Waals surface area contributed by atoms with Crippen molar-refractivity contribution in [3.63, 3.8) is 0 Å². The molecule has 8 heteroatoms. The molecule has 0 radical (unpaired) electrons. The zero-order valence-electron chi connectivity index (χ0n) is 15.1. The number of rotatable bonds is 4. The van der Waals surface area contributed by atoms with Crippen LogP contribution in [0.4, 0.5) is 20.3 Å². The van der Waals surface area contributed by atoms with Gasteiger partial charge < -0.3 is 10.6 Å². The Morgan fingerprint density at radius 1 is 1.10 bits per heavy atom. The quantitative estimate of drug-likeness (QED) is 0.545. The number of nitrogens with zero attached hydrogens (tertiary/aromatic N) is 1. The van der Waals surface area contributed by atoms with E-state index in [2.05, 4.69) is 15.6 Å². The van der Waals surface area contributed by atoms with Gasteiger partial charge in [-0.25, -0.2) is 13.8 Å². The van der Waals surface area contributed by atoms with Crippen LogP contribution in [0.2, 0.25) is 5.02 Å². The van der Waals surface area contributed by atoms with Crippen LogP contribution in [0, 0.1) is 11.6 Å². The Bertz CT molecular complexity index is 1050. The van der Waals surface area contributed by atoms with Gasteiger partial charge in [0.1, 0.15) is 17.5 Å². The lowest BCUT2D eigenvalue weighted by atomic mass is 10.0. The molecule has 0 fully saturated rings. The molecular formula is C21H17Cl2F2N3O. The summed E-state index contributed by atoms with van der Waals surface area (Å²) in [4.78, 5) is 17.0. The molecule has 0 saturated heterocycles. The van der Waals surface area contributed by atoms with E-state index < -0.39 is 11.7 Å². The highest BCUT2D eigenvalue weighted by Crippen LogP contribution is 2.37. The second kappa shape index (κ2) is 8.76. The average molecular weight is 436 g/mol. The molecule has 1 heterocycles. The first-order chi connectivity index (χ1) is 13.5. The smallest absolute Gasteiger partial charge is 0.255 e. The summed E-state index contributed by atoms with van der Waals surface area (Å²) in [5.74, 6) is -0.666. The average Bonchev–Trinajstić information content (AvgIpc) is 3.10. The fraction of sp³-hybridized carbons (Fsp3) is 0.143. The van der Waals surface area contributed by atoms with Crippen LogP contribution in [0.15, 0.2) is 54.7 Å². The van der Waals surface area contributed by atoms with Crippen molar-refractivity contribution < 1.29 is 13.6 Å². The van der Waals surface area contributed by atoms with Crippen molar-refractivity contribution in [2.24, 2.45) is 0 Å². The predicted molar refractivity (Wildman–Crippen MR) is 112 cm³/mol. The third kappa shape index (κ3) is 4.33. The van der Waals surface area contributed by atoms with Crippen molar-refractivity contribution in [1.82, 2.24) is 4.98 Å². The minimum absolute atomic E-state index is 0. The molecule has 1 atom stereocenters. The van der Waals surface area contributed by atoms with E-state index in [4.69, 9.17) is 11.6 Å². The number of nitrogens with one attached hydrogen (secondary N) is 2. The van der Waals surface area contributed by atoms with Crippen LogP contribution in [0.1, 0.15) is 33.9 Å². The summed E-state index contributed by atoms with van der Waals surface area (Å²) in [6.45, 7) is 0. The summed E-state index contributed by atoms with van der Waals surface area (Å²) in [5.41, 5.74) is 1.91. The van der Waals surface area contributed by atoms with E-state index in [1.807, 2.05) is 12.1 Å². The molecule has 1 aliphatic rings. The number of fused-ring (bicyclic) bond motifs is 1. The second-order valence-corrected chi connectivity index (χ2v) is 6.93. The van der Waals surface area contributed by atoms with Gasteiger partial charge in [-0.1, -0.05) is 17.7 Å². The fourth-order valence-corrected chi connectivity index (χ4v) is 3.65. The maximum Gasteiger partial charge on any atom is 0.255 e. The largest absolute Gasteiger partial charge is 0.363 e. The molecule has 1 aromatic heterocycles. The van der Waals surface area contributed by atoms with Gasteiger partial charge in [0, 0.05) is 23.0 Å². The third-order valence-electron chi connectivity index (χ3n) is 4.74. The Hall–Kier alpha value is -2.70. The molecular weight excluding hydrogens is 419 g/mol. The Morgan fingerprint density at radius 3 is 2.62 bits per heavy atom. The minimum atomic E-state index is -0.564. The van der Waals surface area contributed by atoms with Crippen LogP contribution >= 0.6 is 24.0 Å². The molecule has 4 rings (SSSR count). The van der Waals surface area contributed by atoms with Gasteiger partial charge >= 0.3 is 0 Å². The van der Waals surface area contributed by atoms with Crippen molar-refractivity contribution in [3.05, 3.63) is 88.1 Å². The minimum Gasteiger partial charge on any atom is -0.363 e. The summed E-state index contributed by atoms with van der Waals surface area (Å²) in [6.07, 6.45) is 2.87. The summed E-state index contributed by atoms with van der Waals surface area (Å²) < 4.78 is 27.9. The molecule has 4 nitrogen and oxygen atoms in total. The number of amides is 1. The summed E-state index contributed by atoms with van der Waals surface area (Å²) in [7, 11) is 0. The zero-order chi connectivity index (χ0) is 19.7. The number of halogens is 4. The molecule has 0 saturated carbocycles. The second-order valence-electron chi connectivity index (χ2n) is 6.52. The van der Waals surface area contributed by atoms with Crippen molar-refractivity contribution in [2.75, 3.05) is 10.6 Å². The maximum absolute atomic E-state index is 14.6. The highest BCUT2D eigenvalue weighted by atomic mass is 35.5. The van der Waals surface area contributed by atoms with E-state index in [0.29, 0.717) is 41.0 Å². The zero-order valence-corrected chi connectivity index (χ0v) is 16.7.